The van der Waals surface area contributed by atoms with Gasteiger partial charge in [-0.05, 0) is 62.9 Å². The van der Waals surface area contributed by atoms with Crippen molar-refractivity contribution in [3.05, 3.63) is 63.2 Å². The molecule has 0 heterocycles. The number of nitrogens with zero attached hydrogens (tertiary/aromatic N) is 1. The van der Waals surface area contributed by atoms with Crippen molar-refractivity contribution in [3.8, 4) is 5.75 Å². The van der Waals surface area contributed by atoms with E-state index in [1.54, 1.807) is 26.0 Å². The Morgan fingerprint density at radius 3 is 2.28 bits per heavy atom. The van der Waals surface area contributed by atoms with Crippen LogP contribution in [0.2, 0.25) is 0 Å². The third-order valence-electron chi connectivity index (χ3n) is 5.51. The van der Waals surface area contributed by atoms with E-state index in [0.717, 1.165) is 5.56 Å². The normalized spacial score (nSPS) is 15.8. The standard InChI is InChI=1S/C21H23NO6S/c1-14-6-7-15(2)19(12-14)29(26,27)21(10-4-5-11-21)20(23)28-17-8-9-18(22(24)25)16(3)13-17/h6-9,12-13H,4-5,10-11H2,1-3H3. The molecule has 0 saturated heterocycles. The fourth-order valence-electron chi connectivity index (χ4n) is 3.83. The van der Waals surface area contributed by atoms with Gasteiger partial charge < -0.3 is 4.74 Å². The molecule has 2 aromatic rings. The average Bonchev–Trinajstić information content (AvgIpc) is 3.15. The van der Waals surface area contributed by atoms with Crippen LogP contribution in [0.3, 0.4) is 0 Å². The van der Waals surface area contributed by atoms with E-state index in [0.29, 0.717) is 24.0 Å². The zero-order chi connectivity index (χ0) is 21.4. The van der Waals surface area contributed by atoms with E-state index < -0.39 is 25.5 Å². The van der Waals surface area contributed by atoms with Crippen LogP contribution in [-0.2, 0) is 14.6 Å². The number of carbonyl (C=O) groups is 1. The highest BCUT2D eigenvalue weighted by atomic mass is 32.2. The van der Waals surface area contributed by atoms with Crippen molar-refractivity contribution < 1.29 is 22.9 Å². The molecule has 8 heteroatoms. The molecule has 2 aromatic carbocycles. The van der Waals surface area contributed by atoms with Gasteiger partial charge in [-0.25, -0.2) is 13.2 Å². The lowest BCUT2D eigenvalue weighted by atomic mass is 10.1. The number of esters is 1. The number of rotatable bonds is 5. The summed E-state index contributed by atoms with van der Waals surface area (Å²) in [6, 6.07) is 9.09. The van der Waals surface area contributed by atoms with Crippen LogP contribution in [0.25, 0.3) is 0 Å². The Labute approximate surface area is 169 Å². The molecular weight excluding hydrogens is 394 g/mol. The molecule has 0 N–H and O–H groups in total. The van der Waals surface area contributed by atoms with Gasteiger partial charge in [0.2, 0.25) is 0 Å². The second-order valence-corrected chi connectivity index (χ2v) is 9.80. The number of hydrogen-bond acceptors (Lipinski definition) is 6. The summed E-state index contributed by atoms with van der Waals surface area (Å²) >= 11 is 0. The first kappa shape index (κ1) is 21.0. The van der Waals surface area contributed by atoms with Gasteiger partial charge in [-0.1, -0.05) is 25.0 Å². The largest absolute Gasteiger partial charge is 0.425 e. The van der Waals surface area contributed by atoms with Gasteiger partial charge in [-0.3, -0.25) is 10.1 Å². The number of ether oxygens (including phenoxy) is 1. The minimum Gasteiger partial charge on any atom is -0.425 e. The molecule has 7 nitrogen and oxygen atoms in total. The monoisotopic (exact) mass is 417 g/mol. The van der Waals surface area contributed by atoms with Crippen LogP contribution < -0.4 is 4.74 Å². The molecule has 0 spiro atoms. The second kappa shape index (κ2) is 7.59. The van der Waals surface area contributed by atoms with Gasteiger partial charge in [0.1, 0.15) is 5.75 Å². The minimum atomic E-state index is -3.99. The Hall–Kier alpha value is -2.74. The first-order chi connectivity index (χ1) is 13.6. The summed E-state index contributed by atoms with van der Waals surface area (Å²) in [5, 5.41) is 11.0. The second-order valence-electron chi connectivity index (χ2n) is 7.57. The molecule has 0 aromatic heterocycles. The lowest BCUT2D eigenvalue weighted by Crippen LogP contribution is -2.46. The predicted molar refractivity (Wildman–Crippen MR) is 108 cm³/mol. The highest BCUT2D eigenvalue weighted by Crippen LogP contribution is 2.42. The summed E-state index contributed by atoms with van der Waals surface area (Å²) in [4.78, 5) is 23.8. The van der Waals surface area contributed by atoms with Gasteiger partial charge in [0.05, 0.1) is 9.82 Å². The zero-order valence-corrected chi connectivity index (χ0v) is 17.4. The highest BCUT2D eigenvalue weighted by molar-refractivity contribution is 7.93. The van der Waals surface area contributed by atoms with E-state index in [2.05, 4.69) is 0 Å². The quantitative estimate of drug-likeness (QED) is 0.312. The predicted octanol–water partition coefficient (Wildman–Crippen LogP) is 4.21. The van der Waals surface area contributed by atoms with Crippen LogP contribution in [0, 0.1) is 30.9 Å². The van der Waals surface area contributed by atoms with Gasteiger partial charge in [0.15, 0.2) is 14.6 Å². The van der Waals surface area contributed by atoms with Gasteiger partial charge in [-0.2, -0.15) is 0 Å². The number of sulfone groups is 1. The van der Waals surface area contributed by atoms with Crippen molar-refractivity contribution in [1.29, 1.82) is 0 Å². The number of carbonyl (C=O) groups excluding carboxylic acids is 1. The third kappa shape index (κ3) is 3.64. The molecule has 3 rings (SSSR count). The zero-order valence-electron chi connectivity index (χ0n) is 16.6. The highest BCUT2D eigenvalue weighted by Gasteiger charge is 2.55. The van der Waals surface area contributed by atoms with Crippen molar-refractivity contribution >= 4 is 21.5 Å². The van der Waals surface area contributed by atoms with Crippen molar-refractivity contribution in [2.75, 3.05) is 0 Å². The maximum Gasteiger partial charge on any atom is 0.333 e. The van der Waals surface area contributed by atoms with Crippen LogP contribution in [0.5, 0.6) is 5.75 Å². The van der Waals surface area contributed by atoms with Crippen LogP contribution in [0.15, 0.2) is 41.3 Å². The molecule has 0 bridgehead atoms. The minimum absolute atomic E-state index is 0.0941. The molecule has 154 valence electrons. The average molecular weight is 417 g/mol. The molecule has 0 aliphatic heterocycles. The van der Waals surface area contributed by atoms with Crippen LogP contribution in [0.4, 0.5) is 5.69 Å². The summed E-state index contributed by atoms with van der Waals surface area (Å²) in [7, 11) is -3.99. The van der Waals surface area contributed by atoms with Crippen molar-refractivity contribution in [2.45, 2.75) is 56.1 Å². The molecule has 1 fully saturated rings. The van der Waals surface area contributed by atoms with E-state index in [4.69, 9.17) is 4.74 Å². The van der Waals surface area contributed by atoms with Gasteiger partial charge in [0, 0.05) is 11.6 Å². The van der Waals surface area contributed by atoms with Crippen molar-refractivity contribution in [1.82, 2.24) is 0 Å². The fraction of sp³-hybridized carbons (Fsp3) is 0.381. The topological polar surface area (TPSA) is 104 Å². The molecule has 0 unspecified atom stereocenters. The molecular formula is C21H23NO6S. The van der Waals surface area contributed by atoms with Crippen LogP contribution in [0.1, 0.15) is 42.4 Å². The summed E-state index contributed by atoms with van der Waals surface area (Å²) in [6.45, 7) is 5.05. The molecule has 0 atom stereocenters. The van der Waals surface area contributed by atoms with E-state index in [-0.39, 0.29) is 29.2 Å². The number of hydrogen-bond donors (Lipinski definition) is 0. The number of aryl methyl sites for hydroxylation is 3. The van der Waals surface area contributed by atoms with Gasteiger partial charge >= 0.3 is 5.97 Å². The third-order valence-corrected chi connectivity index (χ3v) is 8.13. The Kier molecular flexibility index (Phi) is 5.49. The Morgan fingerprint density at radius 2 is 1.69 bits per heavy atom. The number of nitro groups is 1. The molecule has 29 heavy (non-hydrogen) atoms. The van der Waals surface area contributed by atoms with Crippen molar-refractivity contribution in [3.63, 3.8) is 0 Å². The van der Waals surface area contributed by atoms with Crippen LogP contribution >= 0.6 is 0 Å². The summed E-state index contributed by atoms with van der Waals surface area (Å²) in [6.07, 6.45) is 1.60. The van der Waals surface area contributed by atoms with E-state index >= 15 is 0 Å². The lowest BCUT2D eigenvalue weighted by Gasteiger charge is -2.27. The summed E-state index contributed by atoms with van der Waals surface area (Å²) in [5.74, 6) is -0.732. The van der Waals surface area contributed by atoms with E-state index in [1.807, 2.05) is 6.07 Å². The smallest absolute Gasteiger partial charge is 0.333 e. The van der Waals surface area contributed by atoms with E-state index in [9.17, 15) is 23.3 Å². The maximum atomic E-state index is 13.6. The maximum absolute atomic E-state index is 13.6. The summed E-state index contributed by atoms with van der Waals surface area (Å²) < 4.78 is 31.0. The molecule has 0 amide bonds. The SMILES string of the molecule is Cc1ccc(C)c(S(=O)(=O)C2(C(=O)Oc3ccc([N+](=O)[O-])c(C)c3)CCCC2)c1. The number of benzene rings is 2. The van der Waals surface area contributed by atoms with E-state index in [1.165, 1.54) is 25.1 Å². The molecule has 1 aliphatic rings. The Morgan fingerprint density at radius 1 is 1.03 bits per heavy atom. The lowest BCUT2D eigenvalue weighted by molar-refractivity contribution is -0.385. The summed E-state index contributed by atoms with van der Waals surface area (Å²) in [5.41, 5.74) is 1.61. The van der Waals surface area contributed by atoms with Crippen molar-refractivity contribution in [2.24, 2.45) is 0 Å². The fourth-order valence-corrected chi connectivity index (χ4v) is 6.17. The van der Waals surface area contributed by atoms with Gasteiger partial charge in [0.25, 0.3) is 5.69 Å². The first-order valence-corrected chi connectivity index (χ1v) is 10.9. The Balaban J connectivity index is 2.01. The molecule has 0 radical (unpaired) electrons. The molecule has 1 aliphatic carbocycles. The first-order valence-electron chi connectivity index (χ1n) is 9.38. The van der Waals surface area contributed by atoms with Crippen LogP contribution in [-0.4, -0.2) is 24.1 Å². The Bertz CT molecular complexity index is 1080. The number of nitro benzene ring substituents is 1. The molecule has 1 saturated carbocycles. The van der Waals surface area contributed by atoms with Gasteiger partial charge in [-0.15, -0.1) is 0 Å².